The lowest BCUT2D eigenvalue weighted by molar-refractivity contribution is 0.0470. The molecule has 25 heavy (non-hydrogen) atoms. The van der Waals surface area contributed by atoms with Crippen LogP contribution in [-0.4, -0.2) is 33.0 Å². The predicted octanol–water partition coefficient (Wildman–Crippen LogP) is 2.38. The lowest BCUT2D eigenvalue weighted by Gasteiger charge is -2.07. The summed E-state index contributed by atoms with van der Waals surface area (Å²) in [7, 11) is -3.44. The van der Waals surface area contributed by atoms with Gasteiger partial charge in [-0.15, -0.1) is 0 Å². The summed E-state index contributed by atoms with van der Waals surface area (Å²) in [6, 6.07) is 7.79. The molecule has 0 aromatic heterocycles. The first kappa shape index (κ1) is 18.5. The van der Waals surface area contributed by atoms with Crippen molar-refractivity contribution in [2.24, 2.45) is 0 Å². The van der Waals surface area contributed by atoms with Crippen molar-refractivity contribution in [3.05, 3.63) is 65.2 Å². The van der Waals surface area contributed by atoms with E-state index in [1.165, 1.54) is 24.3 Å². The molecule has 0 aliphatic carbocycles. The number of Topliss-reactive ketones (excluding diaryl/α,β-unsaturated/α-hetero) is 1. The Kier molecular flexibility index (Phi) is 5.48. The molecule has 0 aliphatic rings. The maximum absolute atomic E-state index is 13.4. The standard InChI is InChI=1S/C16H13F2NO5S/c1-25(22,23)19-12-5-2-10(3-6-12)15(20)9-24-16(21)13-7-4-11(17)8-14(13)18/h2-8,19H,9H2,1H3. The molecule has 0 spiro atoms. The number of hydrogen-bond acceptors (Lipinski definition) is 5. The van der Waals surface area contributed by atoms with E-state index in [9.17, 15) is 26.8 Å². The number of carbonyl (C=O) groups is 2. The monoisotopic (exact) mass is 369 g/mol. The maximum atomic E-state index is 13.4. The van der Waals surface area contributed by atoms with Gasteiger partial charge in [-0.1, -0.05) is 0 Å². The number of sulfonamides is 1. The Morgan fingerprint density at radius 1 is 1.08 bits per heavy atom. The number of nitrogens with one attached hydrogen (secondary N) is 1. The Bertz CT molecular complexity index is 911. The molecular weight excluding hydrogens is 356 g/mol. The van der Waals surface area contributed by atoms with Crippen molar-refractivity contribution < 1.29 is 31.5 Å². The zero-order valence-corrected chi connectivity index (χ0v) is 13.8. The summed E-state index contributed by atoms with van der Waals surface area (Å²) < 4.78 is 55.4. The number of rotatable bonds is 6. The zero-order chi connectivity index (χ0) is 18.6. The number of hydrogen-bond donors (Lipinski definition) is 1. The number of ether oxygens (including phenoxy) is 1. The Labute approximate surface area is 142 Å². The van der Waals surface area contributed by atoms with Crippen LogP contribution >= 0.6 is 0 Å². The molecule has 0 saturated carbocycles. The normalized spacial score (nSPS) is 11.0. The van der Waals surface area contributed by atoms with Gasteiger partial charge >= 0.3 is 5.97 Å². The predicted molar refractivity (Wildman–Crippen MR) is 85.9 cm³/mol. The first-order chi connectivity index (χ1) is 11.7. The van der Waals surface area contributed by atoms with Gasteiger partial charge < -0.3 is 4.74 Å². The van der Waals surface area contributed by atoms with E-state index in [-0.39, 0.29) is 11.3 Å². The highest BCUT2D eigenvalue weighted by Gasteiger charge is 2.16. The number of ketones is 1. The highest BCUT2D eigenvalue weighted by Crippen LogP contribution is 2.13. The Hall–Kier alpha value is -2.81. The van der Waals surface area contributed by atoms with Gasteiger partial charge in [0.15, 0.2) is 12.4 Å². The van der Waals surface area contributed by atoms with Crippen LogP contribution in [0.3, 0.4) is 0 Å². The van der Waals surface area contributed by atoms with Crippen LogP contribution in [0.2, 0.25) is 0 Å². The van der Waals surface area contributed by atoms with Crippen LogP contribution in [0, 0.1) is 11.6 Å². The van der Waals surface area contributed by atoms with Crippen LogP contribution in [0.25, 0.3) is 0 Å². The largest absolute Gasteiger partial charge is 0.454 e. The molecule has 132 valence electrons. The van der Waals surface area contributed by atoms with Gasteiger partial charge in [0.25, 0.3) is 0 Å². The van der Waals surface area contributed by atoms with Gasteiger partial charge in [-0.25, -0.2) is 22.0 Å². The van der Waals surface area contributed by atoms with Crippen molar-refractivity contribution in [1.82, 2.24) is 0 Å². The Balaban J connectivity index is 1.99. The number of halogens is 2. The molecule has 1 N–H and O–H groups in total. The summed E-state index contributed by atoms with van der Waals surface area (Å²) in [5.41, 5.74) is -0.0437. The molecule has 2 aromatic carbocycles. The minimum absolute atomic E-state index is 0.173. The first-order valence-corrected chi connectivity index (χ1v) is 8.78. The topological polar surface area (TPSA) is 89.5 Å². The highest BCUT2D eigenvalue weighted by atomic mass is 32.2. The van der Waals surface area contributed by atoms with E-state index in [1.54, 1.807) is 0 Å². The van der Waals surface area contributed by atoms with Crippen molar-refractivity contribution in [2.75, 3.05) is 17.6 Å². The van der Waals surface area contributed by atoms with E-state index in [1.807, 2.05) is 0 Å². The van der Waals surface area contributed by atoms with Crippen molar-refractivity contribution in [3.63, 3.8) is 0 Å². The first-order valence-electron chi connectivity index (χ1n) is 6.89. The molecule has 0 atom stereocenters. The van der Waals surface area contributed by atoms with Crippen LogP contribution in [0.15, 0.2) is 42.5 Å². The van der Waals surface area contributed by atoms with E-state index in [0.717, 1.165) is 18.4 Å². The Morgan fingerprint density at radius 3 is 2.28 bits per heavy atom. The van der Waals surface area contributed by atoms with Crippen molar-refractivity contribution in [1.29, 1.82) is 0 Å². The van der Waals surface area contributed by atoms with E-state index >= 15 is 0 Å². The number of carbonyl (C=O) groups excluding carboxylic acids is 2. The van der Waals surface area contributed by atoms with Gasteiger partial charge in [0, 0.05) is 17.3 Å². The van der Waals surface area contributed by atoms with Gasteiger partial charge in [0.1, 0.15) is 11.6 Å². The number of esters is 1. The smallest absolute Gasteiger partial charge is 0.341 e. The van der Waals surface area contributed by atoms with Crippen molar-refractivity contribution in [2.45, 2.75) is 0 Å². The van der Waals surface area contributed by atoms with Gasteiger partial charge in [-0.05, 0) is 36.4 Å². The molecule has 0 radical (unpaired) electrons. The molecule has 0 amide bonds. The SMILES string of the molecule is CS(=O)(=O)Nc1ccc(C(=O)COC(=O)c2ccc(F)cc2F)cc1. The second-order valence-corrected chi connectivity index (χ2v) is 6.82. The van der Waals surface area contributed by atoms with Crippen LogP contribution in [0.5, 0.6) is 0 Å². The summed E-state index contributed by atoms with van der Waals surface area (Å²) in [6.45, 7) is -0.644. The highest BCUT2D eigenvalue weighted by molar-refractivity contribution is 7.92. The van der Waals surface area contributed by atoms with E-state index in [0.29, 0.717) is 6.07 Å². The molecule has 0 fully saturated rings. The quantitative estimate of drug-likeness (QED) is 0.624. The third-order valence-electron chi connectivity index (χ3n) is 3.00. The lowest BCUT2D eigenvalue weighted by Crippen LogP contribution is -2.15. The van der Waals surface area contributed by atoms with Crippen molar-refractivity contribution >= 4 is 27.5 Å². The minimum Gasteiger partial charge on any atom is -0.454 e. The molecule has 9 heteroatoms. The second-order valence-electron chi connectivity index (χ2n) is 5.08. The zero-order valence-electron chi connectivity index (χ0n) is 13.0. The summed E-state index contributed by atoms with van der Waals surface area (Å²) in [6.07, 6.45) is 0.986. The molecule has 2 rings (SSSR count). The molecule has 0 bridgehead atoms. The lowest BCUT2D eigenvalue weighted by atomic mass is 10.1. The molecule has 0 unspecified atom stereocenters. The fourth-order valence-electron chi connectivity index (χ4n) is 1.89. The number of benzene rings is 2. The molecule has 0 saturated heterocycles. The van der Waals surface area contributed by atoms with Crippen LogP contribution in [0.4, 0.5) is 14.5 Å². The molecule has 6 nitrogen and oxygen atoms in total. The number of anilines is 1. The van der Waals surface area contributed by atoms with Gasteiger partial charge in [-0.2, -0.15) is 0 Å². The molecule has 0 heterocycles. The van der Waals surface area contributed by atoms with Gasteiger partial charge in [0.2, 0.25) is 10.0 Å². The summed E-state index contributed by atoms with van der Waals surface area (Å²) in [5.74, 6) is -3.59. The maximum Gasteiger partial charge on any atom is 0.341 e. The average Bonchev–Trinajstić information content (AvgIpc) is 2.51. The van der Waals surface area contributed by atoms with E-state index in [4.69, 9.17) is 4.74 Å². The van der Waals surface area contributed by atoms with Gasteiger partial charge in [-0.3, -0.25) is 9.52 Å². The average molecular weight is 369 g/mol. The van der Waals surface area contributed by atoms with Crippen LogP contribution < -0.4 is 4.72 Å². The van der Waals surface area contributed by atoms with E-state index in [2.05, 4.69) is 4.72 Å². The fourth-order valence-corrected chi connectivity index (χ4v) is 2.45. The summed E-state index contributed by atoms with van der Waals surface area (Å²) >= 11 is 0. The van der Waals surface area contributed by atoms with E-state index < -0.39 is 45.6 Å². The molecular formula is C16H13F2NO5S. The summed E-state index contributed by atoms with van der Waals surface area (Å²) in [5, 5.41) is 0. The summed E-state index contributed by atoms with van der Waals surface area (Å²) in [4.78, 5) is 23.7. The third kappa shape index (κ3) is 5.35. The Morgan fingerprint density at radius 2 is 1.72 bits per heavy atom. The second kappa shape index (κ2) is 7.39. The fraction of sp³-hybridized carbons (Fsp3) is 0.125. The molecule has 2 aromatic rings. The third-order valence-corrected chi connectivity index (χ3v) is 3.60. The van der Waals surface area contributed by atoms with Gasteiger partial charge in [0.05, 0.1) is 11.8 Å². The van der Waals surface area contributed by atoms with Crippen LogP contribution in [0.1, 0.15) is 20.7 Å². The molecule has 0 aliphatic heterocycles. The minimum atomic E-state index is -3.44. The van der Waals surface area contributed by atoms with Crippen molar-refractivity contribution in [3.8, 4) is 0 Å². The van der Waals surface area contributed by atoms with Crippen LogP contribution in [-0.2, 0) is 14.8 Å².